The maximum atomic E-state index is 14.7. The van der Waals surface area contributed by atoms with E-state index < -0.39 is 47.7 Å². The summed E-state index contributed by atoms with van der Waals surface area (Å²) in [4.78, 5) is 59.6. The van der Waals surface area contributed by atoms with E-state index in [4.69, 9.17) is 14.2 Å². The molecule has 3 aliphatic rings. The number of nitrogens with one attached hydrogen (secondary N) is 1. The van der Waals surface area contributed by atoms with Gasteiger partial charge in [0, 0.05) is 44.6 Å². The van der Waals surface area contributed by atoms with Gasteiger partial charge >= 0.3 is 5.97 Å². The largest absolute Gasteiger partial charge is 0.455 e. The van der Waals surface area contributed by atoms with Crippen molar-refractivity contribution in [2.75, 3.05) is 33.4 Å². The number of rotatable bonds is 19. The van der Waals surface area contributed by atoms with Gasteiger partial charge in [0.2, 0.25) is 17.7 Å². The highest BCUT2D eigenvalue weighted by Crippen LogP contribution is 2.60. The van der Waals surface area contributed by atoms with E-state index in [2.05, 4.69) is 34.4 Å². The third-order valence-electron chi connectivity index (χ3n) is 9.98. The lowest BCUT2D eigenvalue weighted by Gasteiger charge is -2.37. The second kappa shape index (κ2) is 17.6. The third-order valence-corrected chi connectivity index (χ3v) is 10.8. The first-order valence-corrected chi connectivity index (χ1v) is 18.4. The molecule has 51 heavy (non-hydrogen) atoms. The topological polar surface area (TPSA) is 135 Å². The smallest absolute Gasteiger partial charge is 0.313 e. The summed E-state index contributed by atoms with van der Waals surface area (Å²) < 4.78 is 18.5. The number of ether oxygens (including phenoxy) is 3. The first-order chi connectivity index (χ1) is 24.7. The van der Waals surface area contributed by atoms with E-state index in [9.17, 15) is 24.3 Å². The van der Waals surface area contributed by atoms with Crippen LogP contribution in [0.5, 0.6) is 0 Å². The SMILES string of the molecule is C=CCCC(=O)N[C@H](COC)[C@H](OC(=O)[C@H]1[C@@H]2O[C@@]3(CC2Br)[C@@H]1C(=O)N(CCCCO)[C@@H]3C(=O)N(CC=C)Cc1ccccc1)c1ccccc1. The summed E-state index contributed by atoms with van der Waals surface area (Å²) in [5.41, 5.74) is 0.269. The molecule has 0 radical (unpaired) electrons. The Kier molecular flexibility index (Phi) is 13.2. The van der Waals surface area contributed by atoms with Gasteiger partial charge in [0.05, 0.1) is 30.6 Å². The molecule has 2 aromatic rings. The molecule has 3 aliphatic heterocycles. The number of benzene rings is 2. The van der Waals surface area contributed by atoms with Crippen LogP contribution in [0.4, 0.5) is 0 Å². The van der Waals surface area contributed by atoms with Gasteiger partial charge in [-0.3, -0.25) is 19.2 Å². The minimum Gasteiger partial charge on any atom is -0.455 e. The molecule has 3 heterocycles. The molecule has 3 saturated heterocycles. The second-order valence-electron chi connectivity index (χ2n) is 13.3. The van der Waals surface area contributed by atoms with E-state index in [-0.39, 0.29) is 55.3 Å². The zero-order valence-electron chi connectivity index (χ0n) is 29.0. The molecule has 12 heteroatoms. The Labute approximate surface area is 308 Å². The number of likely N-dealkylation sites (tertiary alicyclic amines) is 1. The second-order valence-corrected chi connectivity index (χ2v) is 14.5. The molecule has 0 aromatic heterocycles. The van der Waals surface area contributed by atoms with E-state index in [0.717, 1.165) is 5.56 Å². The van der Waals surface area contributed by atoms with Gasteiger partial charge in [-0.2, -0.15) is 0 Å². The van der Waals surface area contributed by atoms with Gasteiger partial charge in [0.15, 0.2) is 0 Å². The van der Waals surface area contributed by atoms with Gasteiger partial charge in [-0.15, -0.1) is 13.2 Å². The zero-order valence-corrected chi connectivity index (χ0v) is 30.6. The van der Waals surface area contributed by atoms with Crippen LogP contribution in [0.3, 0.4) is 0 Å². The van der Waals surface area contributed by atoms with E-state index in [1.807, 2.05) is 60.7 Å². The van der Waals surface area contributed by atoms with Gasteiger partial charge in [0.25, 0.3) is 0 Å². The summed E-state index contributed by atoms with van der Waals surface area (Å²) in [6.45, 7) is 8.32. The number of fused-ring (bicyclic) bond motifs is 1. The molecule has 1 spiro atoms. The minimum absolute atomic E-state index is 0.0559. The van der Waals surface area contributed by atoms with Crippen LogP contribution in [0.15, 0.2) is 86.0 Å². The van der Waals surface area contributed by atoms with Crippen molar-refractivity contribution in [3.05, 3.63) is 97.1 Å². The average molecular weight is 767 g/mol. The third kappa shape index (κ3) is 8.14. The highest BCUT2D eigenvalue weighted by molar-refractivity contribution is 9.09. The fourth-order valence-corrected chi connectivity index (χ4v) is 8.75. The van der Waals surface area contributed by atoms with Crippen LogP contribution in [0.2, 0.25) is 0 Å². The van der Waals surface area contributed by atoms with Gasteiger partial charge in [-0.05, 0) is 36.8 Å². The number of nitrogens with zero attached hydrogens (tertiary/aromatic N) is 2. The van der Waals surface area contributed by atoms with Crippen LogP contribution in [-0.4, -0.2) is 101 Å². The fraction of sp³-hybridized carbons (Fsp3) is 0.487. The van der Waals surface area contributed by atoms with Crippen molar-refractivity contribution in [2.45, 2.75) is 73.4 Å². The highest BCUT2D eigenvalue weighted by atomic mass is 79.9. The summed E-state index contributed by atoms with van der Waals surface area (Å²) >= 11 is 3.74. The molecule has 8 atom stereocenters. The summed E-state index contributed by atoms with van der Waals surface area (Å²) in [6.07, 6.45) is 3.56. The normalized spacial score (nSPS) is 25.9. The summed E-state index contributed by atoms with van der Waals surface area (Å²) in [7, 11) is 1.50. The van der Waals surface area contributed by atoms with Crippen molar-refractivity contribution >= 4 is 39.6 Å². The number of hydrogen-bond acceptors (Lipinski definition) is 8. The molecule has 11 nitrogen and oxygen atoms in total. The lowest BCUT2D eigenvalue weighted by atomic mass is 9.70. The zero-order chi connectivity index (χ0) is 36.5. The number of alkyl halides is 1. The molecule has 1 unspecified atom stereocenters. The number of halogens is 1. The first-order valence-electron chi connectivity index (χ1n) is 17.5. The number of amides is 3. The maximum absolute atomic E-state index is 14.7. The van der Waals surface area contributed by atoms with E-state index in [1.165, 1.54) is 7.11 Å². The van der Waals surface area contributed by atoms with Gasteiger partial charge in [0.1, 0.15) is 17.7 Å². The molecule has 3 fully saturated rings. The van der Waals surface area contributed by atoms with Crippen LogP contribution in [0.1, 0.15) is 49.3 Å². The van der Waals surface area contributed by atoms with Crippen LogP contribution >= 0.6 is 15.9 Å². The van der Waals surface area contributed by atoms with Gasteiger partial charge < -0.3 is 34.4 Å². The Hall–Kier alpha value is -3.84. The molecule has 274 valence electrons. The molecule has 5 rings (SSSR count). The summed E-state index contributed by atoms with van der Waals surface area (Å²) in [5.74, 6) is -3.55. The number of carbonyl (C=O) groups is 4. The lowest BCUT2D eigenvalue weighted by Crippen LogP contribution is -2.56. The Balaban J connectivity index is 1.49. The lowest BCUT2D eigenvalue weighted by molar-refractivity contribution is -0.163. The monoisotopic (exact) mass is 765 g/mol. The number of unbranched alkanes of at least 4 members (excludes halogenated alkanes) is 1. The first kappa shape index (κ1) is 38.4. The number of methoxy groups -OCH3 is 1. The van der Waals surface area contributed by atoms with Crippen LogP contribution in [0, 0.1) is 11.8 Å². The van der Waals surface area contributed by atoms with Crippen molar-refractivity contribution < 1.29 is 38.5 Å². The fourth-order valence-electron chi connectivity index (χ4n) is 7.80. The summed E-state index contributed by atoms with van der Waals surface area (Å²) in [5, 5.41) is 12.5. The van der Waals surface area contributed by atoms with Crippen LogP contribution in [0.25, 0.3) is 0 Å². The highest BCUT2D eigenvalue weighted by Gasteiger charge is 2.77. The molecule has 3 amide bonds. The standard InChI is InChI=1S/C39H48BrN3O8/c1-4-6-19-30(45)41-29(25-49-3)33(27-17-11-8-12-18-27)50-38(48)31-32-36(46)43(21-13-14-22-44)35(39(32)23-28(40)34(31)51-39)37(47)42(20-5-2)24-26-15-9-7-10-16-26/h4-5,7-12,15-18,28-29,31-35,44H,1-2,6,13-14,19-25H2,3H3,(H,41,45)/t28?,29-,31-,32+,33-,34-,35-,39+/m1/s1. The molecule has 2 N–H and O–H groups in total. The van der Waals surface area contributed by atoms with Crippen molar-refractivity contribution in [3.8, 4) is 0 Å². The van der Waals surface area contributed by atoms with Crippen molar-refractivity contribution in [1.29, 1.82) is 0 Å². The predicted molar refractivity (Wildman–Crippen MR) is 194 cm³/mol. The number of esters is 1. The molecule has 0 saturated carbocycles. The van der Waals surface area contributed by atoms with Gasteiger partial charge in [-0.25, -0.2) is 0 Å². The van der Waals surface area contributed by atoms with E-state index in [0.29, 0.717) is 37.8 Å². The molecule has 0 aliphatic carbocycles. The van der Waals surface area contributed by atoms with Gasteiger partial charge in [-0.1, -0.05) is 88.7 Å². The average Bonchev–Trinajstić information content (AvgIpc) is 3.73. The van der Waals surface area contributed by atoms with Crippen LogP contribution in [-0.2, 0) is 39.9 Å². The number of allylic oxidation sites excluding steroid dienone is 1. The maximum Gasteiger partial charge on any atom is 0.313 e. The Morgan fingerprint density at radius 3 is 2.47 bits per heavy atom. The Bertz CT molecular complexity index is 1540. The van der Waals surface area contributed by atoms with E-state index in [1.54, 1.807) is 22.0 Å². The van der Waals surface area contributed by atoms with Crippen LogP contribution < -0.4 is 5.32 Å². The number of hydrogen-bond donors (Lipinski definition) is 2. The molecular weight excluding hydrogens is 718 g/mol. The van der Waals surface area contributed by atoms with Crippen molar-refractivity contribution in [1.82, 2.24) is 15.1 Å². The van der Waals surface area contributed by atoms with E-state index >= 15 is 0 Å². The Morgan fingerprint density at radius 2 is 1.82 bits per heavy atom. The molecule has 2 bridgehead atoms. The summed E-state index contributed by atoms with van der Waals surface area (Å²) in [6, 6.07) is 16.9. The number of aliphatic hydroxyl groups is 1. The van der Waals surface area contributed by atoms with Crippen molar-refractivity contribution in [2.24, 2.45) is 11.8 Å². The Morgan fingerprint density at radius 1 is 1.12 bits per heavy atom. The number of carbonyl (C=O) groups excluding carboxylic acids is 4. The van der Waals surface area contributed by atoms with Crippen molar-refractivity contribution in [3.63, 3.8) is 0 Å². The molecular formula is C39H48BrN3O8. The molecule has 2 aromatic carbocycles. The minimum atomic E-state index is -1.29. The number of aliphatic hydroxyl groups excluding tert-OH is 1. The predicted octanol–water partition coefficient (Wildman–Crippen LogP) is 4.10. The quantitative estimate of drug-likeness (QED) is 0.0946.